The predicted octanol–water partition coefficient (Wildman–Crippen LogP) is -1.55. The fourth-order valence-corrected chi connectivity index (χ4v) is 1.33. The highest BCUT2D eigenvalue weighted by molar-refractivity contribution is 5.76. The number of Topliss-reactive ketones (excluding diaryl/α,β-unsaturated/α-hetero) is 1. The van der Waals surface area contributed by atoms with Crippen molar-refractivity contribution in [3.05, 3.63) is 0 Å². The first kappa shape index (κ1) is 10.6. The van der Waals surface area contributed by atoms with Gasteiger partial charge in [0.2, 0.25) is 0 Å². The second-order valence-corrected chi connectivity index (χ2v) is 3.33. The van der Waals surface area contributed by atoms with E-state index in [1.54, 1.807) is 0 Å². The highest BCUT2D eigenvalue weighted by Gasteiger charge is 2.37. The Morgan fingerprint density at radius 1 is 1.38 bits per heavy atom. The van der Waals surface area contributed by atoms with E-state index < -0.39 is 24.4 Å². The average molecular weight is 190 g/mol. The maximum Gasteiger partial charge on any atom is 0.132 e. The van der Waals surface area contributed by atoms with Crippen LogP contribution in [0.1, 0.15) is 13.3 Å². The Bertz CT molecular complexity index is 193. The van der Waals surface area contributed by atoms with Crippen LogP contribution in [0.2, 0.25) is 0 Å². The first-order valence-corrected chi connectivity index (χ1v) is 4.17. The minimum atomic E-state index is -1.22. The van der Waals surface area contributed by atoms with Gasteiger partial charge in [0.05, 0.1) is 12.7 Å². The van der Waals surface area contributed by atoms with E-state index in [1.165, 1.54) is 6.92 Å². The van der Waals surface area contributed by atoms with E-state index in [9.17, 15) is 15.0 Å². The molecule has 4 atom stereocenters. The Hall–Kier alpha value is -0.490. The highest BCUT2D eigenvalue weighted by Crippen LogP contribution is 2.17. The molecule has 3 N–H and O–H groups in total. The van der Waals surface area contributed by atoms with Crippen molar-refractivity contribution in [1.29, 1.82) is 0 Å². The van der Waals surface area contributed by atoms with E-state index in [2.05, 4.69) is 0 Å². The van der Waals surface area contributed by atoms with Crippen LogP contribution in [0.25, 0.3) is 0 Å². The van der Waals surface area contributed by atoms with E-state index in [0.29, 0.717) is 0 Å². The number of aliphatic hydroxyl groups excluding tert-OH is 3. The lowest BCUT2D eigenvalue weighted by atomic mass is 9.97. The SMILES string of the molecule is CC(=O)C[C@@H]1OC[C@@H](O)[C@@H](O)[C@H]1O. The molecule has 0 aliphatic carbocycles. The largest absolute Gasteiger partial charge is 0.388 e. The van der Waals surface area contributed by atoms with Crippen LogP contribution in [0.15, 0.2) is 0 Å². The number of ether oxygens (including phenoxy) is 1. The highest BCUT2D eigenvalue weighted by atomic mass is 16.5. The quantitative estimate of drug-likeness (QED) is 0.490. The molecule has 0 saturated carbocycles. The molecule has 0 amide bonds. The van der Waals surface area contributed by atoms with E-state index in [4.69, 9.17) is 9.84 Å². The Labute approximate surface area is 75.9 Å². The summed E-state index contributed by atoms with van der Waals surface area (Å²) in [5, 5.41) is 27.7. The Morgan fingerprint density at radius 3 is 2.54 bits per heavy atom. The van der Waals surface area contributed by atoms with Gasteiger partial charge in [0.1, 0.15) is 24.1 Å². The van der Waals surface area contributed by atoms with Crippen molar-refractivity contribution in [2.45, 2.75) is 37.8 Å². The van der Waals surface area contributed by atoms with Crippen LogP contribution in [0.3, 0.4) is 0 Å². The van der Waals surface area contributed by atoms with Crippen LogP contribution in [0, 0.1) is 0 Å². The van der Waals surface area contributed by atoms with Crippen molar-refractivity contribution < 1.29 is 24.9 Å². The van der Waals surface area contributed by atoms with Crippen molar-refractivity contribution in [2.75, 3.05) is 6.61 Å². The molecule has 0 radical (unpaired) electrons. The van der Waals surface area contributed by atoms with Gasteiger partial charge in [-0.25, -0.2) is 0 Å². The predicted molar refractivity (Wildman–Crippen MR) is 43.1 cm³/mol. The number of carbonyl (C=O) groups is 1. The zero-order chi connectivity index (χ0) is 10.0. The normalized spacial score (nSPS) is 40.3. The third kappa shape index (κ3) is 2.47. The molecule has 0 unspecified atom stereocenters. The van der Waals surface area contributed by atoms with E-state index >= 15 is 0 Å². The van der Waals surface area contributed by atoms with Crippen LogP contribution in [0.4, 0.5) is 0 Å². The van der Waals surface area contributed by atoms with E-state index in [1.807, 2.05) is 0 Å². The van der Waals surface area contributed by atoms with Crippen LogP contribution in [-0.2, 0) is 9.53 Å². The Balaban J connectivity index is 2.53. The molecule has 1 heterocycles. The summed E-state index contributed by atoms with van der Waals surface area (Å²) < 4.78 is 5.00. The monoisotopic (exact) mass is 190 g/mol. The number of aliphatic hydroxyl groups is 3. The first-order valence-electron chi connectivity index (χ1n) is 4.17. The maximum atomic E-state index is 10.7. The first-order chi connectivity index (χ1) is 6.02. The topological polar surface area (TPSA) is 87.0 Å². The van der Waals surface area contributed by atoms with Gasteiger partial charge in [-0.15, -0.1) is 0 Å². The number of rotatable bonds is 2. The van der Waals surface area contributed by atoms with Gasteiger partial charge >= 0.3 is 0 Å². The third-order valence-electron chi connectivity index (χ3n) is 2.09. The molecular weight excluding hydrogens is 176 g/mol. The van der Waals surface area contributed by atoms with Crippen LogP contribution in [0.5, 0.6) is 0 Å². The van der Waals surface area contributed by atoms with Gasteiger partial charge in [-0.2, -0.15) is 0 Å². The van der Waals surface area contributed by atoms with E-state index in [0.717, 1.165) is 0 Å². The summed E-state index contributed by atoms with van der Waals surface area (Å²) in [6, 6.07) is 0. The summed E-state index contributed by atoms with van der Waals surface area (Å²) in [5.74, 6) is -0.118. The Kier molecular flexibility index (Phi) is 3.38. The minimum absolute atomic E-state index is 0.0455. The fraction of sp³-hybridized carbons (Fsp3) is 0.875. The summed E-state index contributed by atoms with van der Waals surface area (Å²) >= 11 is 0. The minimum Gasteiger partial charge on any atom is -0.388 e. The zero-order valence-electron chi connectivity index (χ0n) is 7.38. The standard InChI is InChI=1S/C8H14O5/c1-4(9)2-6-8(12)7(11)5(10)3-13-6/h5-8,10-12H,2-3H2,1H3/t5-,6+,7-,8+/m1/s1. The molecule has 1 aliphatic heterocycles. The summed E-state index contributed by atoms with van der Waals surface area (Å²) in [6.45, 7) is 1.34. The van der Waals surface area contributed by atoms with Crippen molar-refractivity contribution >= 4 is 5.78 Å². The molecule has 5 nitrogen and oxygen atoms in total. The third-order valence-corrected chi connectivity index (χ3v) is 2.09. The van der Waals surface area contributed by atoms with E-state index in [-0.39, 0.29) is 18.8 Å². The van der Waals surface area contributed by atoms with Gasteiger partial charge in [0.25, 0.3) is 0 Å². The van der Waals surface area contributed by atoms with Gasteiger partial charge < -0.3 is 20.1 Å². The van der Waals surface area contributed by atoms with Crippen molar-refractivity contribution in [2.24, 2.45) is 0 Å². The van der Waals surface area contributed by atoms with Gasteiger partial charge in [-0.05, 0) is 6.92 Å². The molecule has 1 saturated heterocycles. The van der Waals surface area contributed by atoms with Crippen molar-refractivity contribution in [3.63, 3.8) is 0 Å². The molecule has 1 aliphatic rings. The maximum absolute atomic E-state index is 10.7. The molecule has 0 spiro atoms. The summed E-state index contributed by atoms with van der Waals surface area (Å²) in [7, 11) is 0. The second kappa shape index (κ2) is 4.15. The smallest absolute Gasteiger partial charge is 0.132 e. The molecule has 0 bridgehead atoms. The lowest BCUT2D eigenvalue weighted by Crippen LogP contribution is -2.53. The molecule has 0 aromatic heterocycles. The molecule has 0 aromatic rings. The van der Waals surface area contributed by atoms with Crippen molar-refractivity contribution in [3.8, 4) is 0 Å². The van der Waals surface area contributed by atoms with Gasteiger partial charge in [0, 0.05) is 6.42 Å². The van der Waals surface area contributed by atoms with Gasteiger partial charge in [-0.1, -0.05) is 0 Å². The van der Waals surface area contributed by atoms with Crippen LogP contribution in [-0.4, -0.2) is 52.1 Å². The molecule has 5 heteroatoms. The number of hydrogen-bond acceptors (Lipinski definition) is 5. The van der Waals surface area contributed by atoms with Gasteiger partial charge in [0.15, 0.2) is 0 Å². The van der Waals surface area contributed by atoms with Gasteiger partial charge in [-0.3, -0.25) is 4.79 Å². The number of carbonyl (C=O) groups excluding carboxylic acids is 1. The molecule has 76 valence electrons. The summed E-state index contributed by atoms with van der Waals surface area (Å²) in [6.07, 6.45) is -4.12. The average Bonchev–Trinajstić information content (AvgIpc) is 2.06. The van der Waals surface area contributed by atoms with Crippen LogP contribution >= 0.6 is 0 Å². The zero-order valence-corrected chi connectivity index (χ0v) is 7.38. The fourth-order valence-electron chi connectivity index (χ4n) is 1.33. The summed E-state index contributed by atoms with van der Waals surface area (Å²) in [5.41, 5.74) is 0. The molecular formula is C8H14O5. The molecule has 0 aromatic carbocycles. The number of ketones is 1. The number of hydrogen-bond donors (Lipinski definition) is 3. The van der Waals surface area contributed by atoms with Crippen LogP contribution < -0.4 is 0 Å². The molecule has 13 heavy (non-hydrogen) atoms. The Morgan fingerprint density at radius 2 is 2.00 bits per heavy atom. The lowest BCUT2D eigenvalue weighted by molar-refractivity contribution is -0.188. The molecule has 1 rings (SSSR count). The van der Waals surface area contributed by atoms with Crippen molar-refractivity contribution in [1.82, 2.24) is 0 Å². The lowest BCUT2D eigenvalue weighted by Gasteiger charge is -2.34. The molecule has 1 fully saturated rings. The summed E-state index contributed by atoms with van der Waals surface area (Å²) in [4.78, 5) is 10.7. The second-order valence-electron chi connectivity index (χ2n) is 3.33.